The number of fused-ring (bicyclic) bond motifs is 1. The third kappa shape index (κ3) is 3.05. The highest BCUT2D eigenvalue weighted by atomic mass is 19.4. The van der Waals surface area contributed by atoms with Crippen LogP contribution in [0.1, 0.15) is 11.1 Å². The van der Waals surface area contributed by atoms with Gasteiger partial charge in [-0.15, -0.1) is 0 Å². The van der Waals surface area contributed by atoms with Crippen LogP contribution in [0.25, 0.3) is 10.8 Å². The molecule has 2 aromatic rings. The van der Waals surface area contributed by atoms with Gasteiger partial charge in [0, 0.05) is 0 Å². The zero-order chi connectivity index (χ0) is 14.0. The monoisotopic (exact) mass is 268 g/mol. The largest absolute Gasteiger partial charge is 0.469 e. The standard InChI is InChI=1S/C14H11F3O2/c1-19-13(18)7-9-2-3-11-8-12(14(15,16)17)5-4-10(11)6-9/h2-6,8H,7H2,1H3. The van der Waals surface area contributed by atoms with Crippen molar-refractivity contribution in [3.63, 3.8) is 0 Å². The molecule has 0 aliphatic carbocycles. The molecule has 0 saturated carbocycles. The number of halogens is 3. The summed E-state index contributed by atoms with van der Waals surface area (Å²) >= 11 is 0. The third-order valence-corrected chi connectivity index (χ3v) is 2.81. The van der Waals surface area contributed by atoms with Gasteiger partial charge in [-0.05, 0) is 28.5 Å². The van der Waals surface area contributed by atoms with Gasteiger partial charge >= 0.3 is 12.1 Å². The molecule has 0 atom stereocenters. The average Bonchev–Trinajstić information content (AvgIpc) is 2.36. The smallest absolute Gasteiger partial charge is 0.416 e. The van der Waals surface area contributed by atoms with Gasteiger partial charge in [0.2, 0.25) is 0 Å². The molecule has 0 aliphatic rings. The van der Waals surface area contributed by atoms with E-state index in [9.17, 15) is 18.0 Å². The lowest BCUT2D eigenvalue weighted by Gasteiger charge is -2.08. The van der Waals surface area contributed by atoms with Gasteiger partial charge in [-0.2, -0.15) is 13.2 Å². The SMILES string of the molecule is COC(=O)Cc1ccc2cc(C(F)(F)F)ccc2c1. The molecular weight excluding hydrogens is 257 g/mol. The molecule has 0 aromatic heterocycles. The molecule has 5 heteroatoms. The Morgan fingerprint density at radius 3 is 2.37 bits per heavy atom. The molecule has 0 aliphatic heterocycles. The van der Waals surface area contributed by atoms with E-state index < -0.39 is 11.7 Å². The molecule has 0 heterocycles. The Labute approximate surface area is 107 Å². The van der Waals surface area contributed by atoms with E-state index in [1.54, 1.807) is 18.2 Å². The molecule has 0 saturated heterocycles. The van der Waals surface area contributed by atoms with E-state index in [2.05, 4.69) is 4.74 Å². The number of alkyl halides is 3. The van der Waals surface area contributed by atoms with Gasteiger partial charge < -0.3 is 4.74 Å². The fourth-order valence-electron chi connectivity index (χ4n) is 1.82. The van der Waals surface area contributed by atoms with Crippen LogP contribution in [-0.2, 0) is 22.1 Å². The van der Waals surface area contributed by atoms with Crippen LogP contribution in [0.5, 0.6) is 0 Å². The number of hydrogen-bond donors (Lipinski definition) is 0. The van der Waals surface area contributed by atoms with Crippen molar-refractivity contribution in [1.29, 1.82) is 0 Å². The minimum Gasteiger partial charge on any atom is -0.469 e. The molecule has 0 radical (unpaired) electrons. The Hall–Kier alpha value is -2.04. The Balaban J connectivity index is 2.38. The number of esters is 1. The molecule has 2 nitrogen and oxygen atoms in total. The van der Waals surface area contributed by atoms with E-state index >= 15 is 0 Å². The van der Waals surface area contributed by atoms with Crippen molar-refractivity contribution in [2.45, 2.75) is 12.6 Å². The predicted molar refractivity (Wildman–Crippen MR) is 64.7 cm³/mol. The number of carbonyl (C=O) groups is 1. The number of rotatable bonds is 2. The molecule has 0 spiro atoms. The zero-order valence-corrected chi connectivity index (χ0v) is 10.1. The summed E-state index contributed by atoms with van der Waals surface area (Å²) in [5, 5.41) is 1.15. The molecule has 0 amide bonds. The van der Waals surface area contributed by atoms with Gasteiger partial charge in [-0.1, -0.05) is 24.3 Å². The summed E-state index contributed by atoms with van der Waals surface area (Å²) in [4.78, 5) is 11.1. The quantitative estimate of drug-likeness (QED) is 0.778. The number of ether oxygens (including phenoxy) is 1. The van der Waals surface area contributed by atoms with Crippen LogP contribution in [0.4, 0.5) is 13.2 Å². The van der Waals surface area contributed by atoms with Crippen molar-refractivity contribution >= 4 is 16.7 Å². The number of carbonyl (C=O) groups excluding carboxylic acids is 1. The summed E-state index contributed by atoms with van der Waals surface area (Å²) < 4.78 is 42.2. The van der Waals surface area contributed by atoms with Gasteiger partial charge in [0.05, 0.1) is 19.1 Å². The van der Waals surface area contributed by atoms with Crippen LogP contribution in [0.2, 0.25) is 0 Å². The van der Waals surface area contributed by atoms with Gasteiger partial charge in [-0.25, -0.2) is 0 Å². The third-order valence-electron chi connectivity index (χ3n) is 2.81. The Kier molecular flexibility index (Phi) is 3.46. The summed E-state index contributed by atoms with van der Waals surface area (Å²) in [6.07, 6.45) is -4.24. The van der Waals surface area contributed by atoms with E-state index in [0.29, 0.717) is 16.3 Å². The first-order valence-electron chi connectivity index (χ1n) is 5.57. The normalized spacial score (nSPS) is 11.6. The summed E-state index contributed by atoms with van der Waals surface area (Å²) in [7, 11) is 1.29. The second-order valence-corrected chi connectivity index (χ2v) is 4.15. The zero-order valence-electron chi connectivity index (χ0n) is 10.1. The fraction of sp³-hybridized carbons (Fsp3) is 0.214. The minimum atomic E-state index is -4.35. The van der Waals surface area contributed by atoms with Gasteiger partial charge in [0.1, 0.15) is 0 Å². The van der Waals surface area contributed by atoms with Crippen molar-refractivity contribution < 1.29 is 22.7 Å². The summed E-state index contributed by atoms with van der Waals surface area (Å²) in [5.41, 5.74) is 0.0276. The molecule has 0 fully saturated rings. The highest BCUT2D eigenvalue weighted by Crippen LogP contribution is 2.31. The highest BCUT2D eigenvalue weighted by Gasteiger charge is 2.30. The predicted octanol–water partition coefficient (Wildman–Crippen LogP) is 3.57. The Morgan fingerprint density at radius 2 is 1.74 bits per heavy atom. The van der Waals surface area contributed by atoms with Gasteiger partial charge in [0.25, 0.3) is 0 Å². The number of methoxy groups -OCH3 is 1. The maximum Gasteiger partial charge on any atom is 0.416 e. The van der Waals surface area contributed by atoms with Crippen LogP contribution in [0.15, 0.2) is 36.4 Å². The number of hydrogen-bond acceptors (Lipinski definition) is 2. The maximum absolute atomic E-state index is 12.6. The first-order valence-corrected chi connectivity index (χ1v) is 5.57. The lowest BCUT2D eigenvalue weighted by Crippen LogP contribution is -2.05. The summed E-state index contributed by atoms with van der Waals surface area (Å²) in [6.45, 7) is 0. The van der Waals surface area contributed by atoms with E-state index in [1.807, 2.05) is 0 Å². The van der Waals surface area contributed by atoms with Crippen LogP contribution in [-0.4, -0.2) is 13.1 Å². The lowest BCUT2D eigenvalue weighted by atomic mass is 10.0. The fourth-order valence-corrected chi connectivity index (χ4v) is 1.82. The second kappa shape index (κ2) is 4.91. The first-order chi connectivity index (χ1) is 8.90. The Morgan fingerprint density at radius 1 is 1.11 bits per heavy atom. The first kappa shape index (κ1) is 13.4. The second-order valence-electron chi connectivity index (χ2n) is 4.15. The molecular formula is C14H11F3O2. The van der Waals surface area contributed by atoms with Crippen LogP contribution in [0.3, 0.4) is 0 Å². The van der Waals surface area contributed by atoms with E-state index in [1.165, 1.54) is 13.2 Å². The van der Waals surface area contributed by atoms with Crippen molar-refractivity contribution in [2.24, 2.45) is 0 Å². The van der Waals surface area contributed by atoms with Crippen LogP contribution >= 0.6 is 0 Å². The molecule has 0 unspecified atom stereocenters. The van der Waals surface area contributed by atoms with E-state index in [0.717, 1.165) is 12.1 Å². The van der Waals surface area contributed by atoms with Crippen molar-refractivity contribution in [3.8, 4) is 0 Å². The van der Waals surface area contributed by atoms with Crippen LogP contribution in [0, 0.1) is 0 Å². The Bertz CT molecular complexity index is 618. The van der Waals surface area contributed by atoms with Crippen molar-refractivity contribution in [2.75, 3.05) is 7.11 Å². The average molecular weight is 268 g/mol. The molecule has 19 heavy (non-hydrogen) atoms. The molecule has 2 rings (SSSR count). The molecule has 0 bridgehead atoms. The molecule has 100 valence electrons. The topological polar surface area (TPSA) is 26.3 Å². The lowest BCUT2D eigenvalue weighted by molar-refractivity contribution is -0.140. The minimum absolute atomic E-state index is 0.105. The summed E-state index contributed by atoms with van der Waals surface area (Å²) in [6, 6.07) is 8.41. The molecule has 0 N–H and O–H groups in total. The van der Waals surface area contributed by atoms with Crippen molar-refractivity contribution in [3.05, 3.63) is 47.5 Å². The van der Waals surface area contributed by atoms with E-state index in [4.69, 9.17) is 0 Å². The van der Waals surface area contributed by atoms with E-state index in [-0.39, 0.29) is 12.4 Å². The van der Waals surface area contributed by atoms with Gasteiger partial charge in [-0.3, -0.25) is 4.79 Å². The molecule has 2 aromatic carbocycles. The summed E-state index contributed by atoms with van der Waals surface area (Å²) in [5.74, 6) is -0.383. The number of benzene rings is 2. The highest BCUT2D eigenvalue weighted by molar-refractivity contribution is 5.85. The van der Waals surface area contributed by atoms with Gasteiger partial charge in [0.15, 0.2) is 0 Å². The van der Waals surface area contributed by atoms with Crippen molar-refractivity contribution in [1.82, 2.24) is 0 Å². The van der Waals surface area contributed by atoms with Crippen LogP contribution < -0.4 is 0 Å². The maximum atomic E-state index is 12.6.